The normalized spacial score (nSPS) is 12.9. The maximum atomic E-state index is 11.4. The maximum Gasteiger partial charge on any atom is 0.334 e. The van der Waals surface area contributed by atoms with Gasteiger partial charge < -0.3 is 14.6 Å². The molecule has 1 rings (SSSR count). The second kappa shape index (κ2) is 8.38. The van der Waals surface area contributed by atoms with Gasteiger partial charge in [-0.2, -0.15) is 0 Å². The van der Waals surface area contributed by atoms with Crippen molar-refractivity contribution >= 4 is 5.97 Å². The molecule has 0 aromatic heterocycles. The van der Waals surface area contributed by atoms with Crippen LogP contribution in [0.4, 0.5) is 0 Å². The monoisotopic (exact) mass is 278 g/mol. The van der Waals surface area contributed by atoms with E-state index in [1.807, 2.05) is 38.1 Å². The lowest BCUT2D eigenvalue weighted by Gasteiger charge is -2.14. The number of rotatable bonds is 7. The second-order valence-corrected chi connectivity index (χ2v) is 4.43. The van der Waals surface area contributed by atoms with Gasteiger partial charge in [-0.1, -0.05) is 29.8 Å². The molecule has 0 saturated heterocycles. The zero-order valence-corrected chi connectivity index (χ0v) is 12.3. The topological polar surface area (TPSA) is 55.8 Å². The predicted molar refractivity (Wildman–Crippen MR) is 77.1 cm³/mol. The summed E-state index contributed by atoms with van der Waals surface area (Å²) >= 11 is 0. The van der Waals surface area contributed by atoms with Gasteiger partial charge in [0, 0.05) is 6.42 Å². The van der Waals surface area contributed by atoms with Gasteiger partial charge in [0.2, 0.25) is 0 Å². The summed E-state index contributed by atoms with van der Waals surface area (Å²) in [5.41, 5.74) is 1.93. The molecule has 0 spiro atoms. The Hall–Kier alpha value is -1.81. The molecule has 1 aromatic carbocycles. The summed E-state index contributed by atoms with van der Waals surface area (Å²) in [6.45, 7) is 6.31. The van der Waals surface area contributed by atoms with Crippen LogP contribution in [0.1, 0.15) is 37.5 Å². The Kier molecular flexibility index (Phi) is 6.81. The molecule has 0 amide bonds. The Labute approximate surface area is 120 Å². The van der Waals surface area contributed by atoms with Crippen molar-refractivity contribution in [3.05, 3.63) is 47.2 Å². The van der Waals surface area contributed by atoms with E-state index in [1.54, 1.807) is 6.92 Å². The van der Waals surface area contributed by atoms with Crippen LogP contribution in [0, 0.1) is 6.92 Å². The van der Waals surface area contributed by atoms with Crippen LogP contribution in [0.5, 0.6) is 0 Å². The minimum atomic E-state index is -0.706. The van der Waals surface area contributed by atoms with Crippen molar-refractivity contribution < 1.29 is 19.4 Å². The highest BCUT2D eigenvalue weighted by Crippen LogP contribution is 2.22. The minimum absolute atomic E-state index is 0.246. The van der Waals surface area contributed by atoms with Crippen LogP contribution >= 0.6 is 0 Å². The van der Waals surface area contributed by atoms with Crippen molar-refractivity contribution in [3.63, 3.8) is 0 Å². The molecule has 0 bridgehead atoms. The van der Waals surface area contributed by atoms with E-state index in [0.29, 0.717) is 19.0 Å². The summed E-state index contributed by atoms with van der Waals surface area (Å²) in [5, 5.41) is 10.2. The number of esters is 1. The van der Waals surface area contributed by atoms with Gasteiger partial charge in [-0.3, -0.25) is 0 Å². The van der Waals surface area contributed by atoms with Crippen molar-refractivity contribution in [1.29, 1.82) is 0 Å². The molecule has 110 valence electrons. The van der Waals surface area contributed by atoms with E-state index in [2.05, 4.69) is 0 Å². The van der Waals surface area contributed by atoms with Crippen LogP contribution in [0.2, 0.25) is 0 Å². The molecule has 4 nitrogen and oxygen atoms in total. The number of hydrogen-bond donors (Lipinski definition) is 1. The van der Waals surface area contributed by atoms with Crippen LogP contribution in [-0.2, 0) is 14.3 Å². The molecule has 0 aliphatic rings. The predicted octanol–water partition coefficient (Wildman–Crippen LogP) is 2.90. The molecule has 1 aromatic rings. The highest BCUT2D eigenvalue weighted by molar-refractivity contribution is 5.82. The van der Waals surface area contributed by atoms with E-state index in [-0.39, 0.29) is 6.42 Å². The largest absolute Gasteiger partial charge is 0.498 e. The van der Waals surface area contributed by atoms with Gasteiger partial charge in [-0.15, -0.1) is 0 Å². The third-order valence-electron chi connectivity index (χ3n) is 2.75. The van der Waals surface area contributed by atoms with E-state index in [4.69, 9.17) is 9.47 Å². The Morgan fingerprint density at radius 1 is 1.20 bits per heavy atom. The van der Waals surface area contributed by atoms with E-state index >= 15 is 0 Å². The third-order valence-corrected chi connectivity index (χ3v) is 2.75. The first-order chi connectivity index (χ1) is 9.56. The lowest BCUT2D eigenvalue weighted by Crippen LogP contribution is -2.06. The van der Waals surface area contributed by atoms with Crippen LogP contribution in [0.25, 0.3) is 0 Å². The van der Waals surface area contributed by atoms with Crippen molar-refractivity contribution in [1.82, 2.24) is 0 Å². The number of hydrogen-bond acceptors (Lipinski definition) is 4. The smallest absolute Gasteiger partial charge is 0.334 e. The number of aryl methyl sites for hydroxylation is 1. The van der Waals surface area contributed by atoms with Gasteiger partial charge in [-0.05, 0) is 26.3 Å². The standard InChI is InChI=1S/C16H22O4/c1-4-19-14(11-16(18)20-5-2)10-15(17)13-8-6-12(3)7-9-13/h6-9,11,15,17H,4-5,10H2,1-3H3/b14-11-/t15-/m1/s1. The van der Waals surface area contributed by atoms with E-state index in [9.17, 15) is 9.90 Å². The number of aliphatic hydroxyl groups excluding tert-OH is 1. The molecular formula is C16H22O4. The Morgan fingerprint density at radius 3 is 2.35 bits per heavy atom. The first-order valence-electron chi connectivity index (χ1n) is 6.81. The fourth-order valence-electron chi connectivity index (χ4n) is 1.76. The Balaban J connectivity index is 2.74. The lowest BCUT2D eigenvalue weighted by atomic mass is 10.0. The van der Waals surface area contributed by atoms with Gasteiger partial charge in [0.1, 0.15) is 5.76 Å². The summed E-state index contributed by atoms with van der Waals surface area (Å²) in [6, 6.07) is 7.61. The van der Waals surface area contributed by atoms with E-state index in [0.717, 1.165) is 11.1 Å². The van der Waals surface area contributed by atoms with E-state index < -0.39 is 12.1 Å². The minimum Gasteiger partial charge on any atom is -0.498 e. The fourth-order valence-corrected chi connectivity index (χ4v) is 1.76. The quantitative estimate of drug-likeness (QED) is 0.473. The van der Waals surface area contributed by atoms with Crippen LogP contribution in [-0.4, -0.2) is 24.3 Å². The highest BCUT2D eigenvalue weighted by atomic mass is 16.5. The van der Waals surface area contributed by atoms with Crippen LogP contribution < -0.4 is 0 Å². The number of carbonyl (C=O) groups excluding carboxylic acids is 1. The van der Waals surface area contributed by atoms with Gasteiger partial charge >= 0.3 is 5.97 Å². The van der Waals surface area contributed by atoms with Crippen molar-refractivity contribution in [2.75, 3.05) is 13.2 Å². The second-order valence-electron chi connectivity index (χ2n) is 4.43. The van der Waals surface area contributed by atoms with E-state index in [1.165, 1.54) is 6.08 Å². The summed E-state index contributed by atoms with van der Waals surface area (Å²) in [6.07, 6.45) is 0.836. The number of aliphatic hydroxyl groups is 1. The molecule has 0 heterocycles. The molecule has 4 heteroatoms. The van der Waals surface area contributed by atoms with Crippen molar-refractivity contribution in [3.8, 4) is 0 Å². The Bertz CT molecular complexity index is 448. The van der Waals surface area contributed by atoms with Gasteiger partial charge in [0.05, 0.1) is 25.4 Å². The molecule has 0 fully saturated rings. The average molecular weight is 278 g/mol. The summed E-state index contributed by atoms with van der Waals surface area (Å²) in [5.74, 6) is -0.0221. The first-order valence-corrected chi connectivity index (χ1v) is 6.81. The zero-order valence-electron chi connectivity index (χ0n) is 12.3. The third kappa shape index (κ3) is 5.45. The average Bonchev–Trinajstić information content (AvgIpc) is 2.39. The molecule has 0 saturated carbocycles. The van der Waals surface area contributed by atoms with Gasteiger partial charge in [0.15, 0.2) is 0 Å². The lowest BCUT2D eigenvalue weighted by molar-refractivity contribution is -0.137. The summed E-state index contributed by atoms with van der Waals surface area (Å²) in [7, 11) is 0. The fraction of sp³-hybridized carbons (Fsp3) is 0.438. The Morgan fingerprint density at radius 2 is 1.80 bits per heavy atom. The SMILES string of the molecule is CCOC(=O)/C=C(/C[C@@H](O)c1ccc(C)cc1)OCC. The summed E-state index contributed by atoms with van der Waals surface area (Å²) in [4.78, 5) is 11.4. The summed E-state index contributed by atoms with van der Waals surface area (Å²) < 4.78 is 10.2. The van der Waals surface area contributed by atoms with Crippen LogP contribution in [0.3, 0.4) is 0 Å². The number of benzene rings is 1. The molecule has 1 atom stereocenters. The maximum absolute atomic E-state index is 11.4. The molecule has 0 unspecified atom stereocenters. The molecule has 1 N–H and O–H groups in total. The van der Waals surface area contributed by atoms with Crippen molar-refractivity contribution in [2.24, 2.45) is 0 Å². The zero-order chi connectivity index (χ0) is 15.0. The molecule has 0 aliphatic carbocycles. The molecule has 0 aliphatic heterocycles. The molecule has 20 heavy (non-hydrogen) atoms. The number of ether oxygens (including phenoxy) is 2. The molecular weight excluding hydrogens is 256 g/mol. The van der Waals surface area contributed by atoms with Crippen LogP contribution in [0.15, 0.2) is 36.1 Å². The van der Waals surface area contributed by atoms with Gasteiger partial charge in [0.25, 0.3) is 0 Å². The highest BCUT2D eigenvalue weighted by Gasteiger charge is 2.13. The molecule has 0 radical (unpaired) electrons. The first kappa shape index (κ1) is 16.2. The number of carbonyl (C=O) groups is 1. The van der Waals surface area contributed by atoms with Gasteiger partial charge in [-0.25, -0.2) is 4.79 Å². The van der Waals surface area contributed by atoms with Crippen molar-refractivity contribution in [2.45, 2.75) is 33.3 Å².